The number of carbonyl (C=O) groups excluding carboxylic acids is 3. The maximum absolute atomic E-state index is 13.0. The number of halogens is 3. The zero-order chi connectivity index (χ0) is 25.8. The van der Waals surface area contributed by atoms with Crippen LogP contribution in [-0.2, 0) is 16.2 Å². The van der Waals surface area contributed by atoms with Crippen molar-refractivity contribution >= 4 is 97.4 Å². The van der Waals surface area contributed by atoms with Crippen molar-refractivity contribution in [2.24, 2.45) is 0 Å². The van der Waals surface area contributed by atoms with Gasteiger partial charge in [0.05, 0.1) is 8.48 Å². The first-order chi connectivity index (χ1) is 17.2. The molecule has 0 aliphatic carbocycles. The van der Waals surface area contributed by atoms with E-state index in [2.05, 4.69) is 50.5 Å². The van der Waals surface area contributed by atoms with Crippen LogP contribution in [-0.4, -0.2) is 28.5 Å². The highest BCUT2D eigenvalue weighted by molar-refractivity contribution is 14.1. The Morgan fingerprint density at radius 3 is 2.58 bits per heavy atom. The molecule has 1 saturated heterocycles. The Kier molecular flexibility index (Phi) is 8.96. The molecule has 6 nitrogen and oxygen atoms in total. The molecular formula is C26H19ClI2N2O4S. The first-order valence-electron chi connectivity index (χ1n) is 10.7. The SMILES string of the molecule is Cc1ccc(NC(=O)CN2C(=O)S/C(=C/c3cc(I)cc(I)c3OCc3ccccc3)C2=O)cc1Cl. The molecule has 1 N–H and O–H groups in total. The summed E-state index contributed by atoms with van der Waals surface area (Å²) in [6.45, 7) is 1.82. The van der Waals surface area contributed by atoms with E-state index >= 15 is 0 Å². The lowest BCUT2D eigenvalue weighted by molar-refractivity contribution is -0.127. The van der Waals surface area contributed by atoms with Crippen LogP contribution in [0, 0.1) is 14.1 Å². The normalized spacial score (nSPS) is 14.4. The molecule has 1 fully saturated rings. The standard InChI is InChI=1S/C26H19ClI2N2O4S/c1-15-7-8-19(12-20(15)27)30-23(32)13-31-25(33)22(36-26(31)34)10-17-9-18(28)11-21(29)24(17)35-14-16-5-3-2-4-6-16/h2-12H,13-14H2,1H3,(H,30,32)/b22-10+. The van der Waals surface area contributed by atoms with Gasteiger partial charge < -0.3 is 10.1 Å². The fourth-order valence-electron chi connectivity index (χ4n) is 3.36. The number of nitrogens with zero attached hydrogens (tertiary/aromatic N) is 1. The molecule has 0 aromatic heterocycles. The lowest BCUT2D eigenvalue weighted by atomic mass is 10.1. The number of hydrogen-bond acceptors (Lipinski definition) is 5. The largest absolute Gasteiger partial charge is 0.487 e. The summed E-state index contributed by atoms with van der Waals surface area (Å²) in [5, 5.41) is 2.69. The molecule has 1 heterocycles. The van der Waals surface area contributed by atoms with Crippen LogP contribution in [0.1, 0.15) is 16.7 Å². The number of nitrogens with one attached hydrogen (secondary N) is 1. The monoisotopic (exact) mass is 744 g/mol. The number of amides is 3. The van der Waals surface area contributed by atoms with Gasteiger partial charge in [0, 0.05) is 19.8 Å². The van der Waals surface area contributed by atoms with Crippen molar-refractivity contribution < 1.29 is 19.1 Å². The van der Waals surface area contributed by atoms with Crippen molar-refractivity contribution in [3.8, 4) is 5.75 Å². The van der Waals surface area contributed by atoms with Gasteiger partial charge in [0.2, 0.25) is 5.91 Å². The van der Waals surface area contributed by atoms with Crippen LogP contribution in [0.4, 0.5) is 10.5 Å². The number of hydrogen-bond donors (Lipinski definition) is 1. The van der Waals surface area contributed by atoms with E-state index in [4.69, 9.17) is 16.3 Å². The molecule has 0 saturated carbocycles. The van der Waals surface area contributed by atoms with E-state index in [9.17, 15) is 14.4 Å². The van der Waals surface area contributed by atoms with E-state index in [1.807, 2.05) is 49.4 Å². The average Bonchev–Trinajstić information content (AvgIpc) is 3.08. The fourth-order valence-corrected chi connectivity index (χ4v) is 6.42. The van der Waals surface area contributed by atoms with Gasteiger partial charge in [-0.25, -0.2) is 0 Å². The van der Waals surface area contributed by atoms with E-state index in [1.165, 1.54) is 0 Å². The highest BCUT2D eigenvalue weighted by atomic mass is 127. The van der Waals surface area contributed by atoms with Gasteiger partial charge in [-0.2, -0.15) is 0 Å². The summed E-state index contributed by atoms with van der Waals surface area (Å²) in [5.41, 5.74) is 3.07. The molecule has 0 atom stereocenters. The molecule has 0 bridgehead atoms. The van der Waals surface area contributed by atoms with Crippen LogP contribution in [0.3, 0.4) is 0 Å². The molecule has 36 heavy (non-hydrogen) atoms. The van der Waals surface area contributed by atoms with Gasteiger partial charge in [0.25, 0.3) is 11.1 Å². The molecule has 184 valence electrons. The lowest BCUT2D eigenvalue weighted by Crippen LogP contribution is -2.36. The van der Waals surface area contributed by atoms with Gasteiger partial charge >= 0.3 is 0 Å². The van der Waals surface area contributed by atoms with E-state index < -0.39 is 23.6 Å². The second-order valence-electron chi connectivity index (χ2n) is 7.86. The summed E-state index contributed by atoms with van der Waals surface area (Å²) in [6, 6.07) is 18.8. The van der Waals surface area contributed by atoms with Gasteiger partial charge in [-0.05, 0) is 105 Å². The van der Waals surface area contributed by atoms with Gasteiger partial charge in [0.1, 0.15) is 18.9 Å². The van der Waals surface area contributed by atoms with Crippen LogP contribution in [0.25, 0.3) is 6.08 Å². The summed E-state index contributed by atoms with van der Waals surface area (Å²) in [6.07, 6.45) is 1.65. The van der Waals surface area contributed by atoms with Crippen LogP contribution in [0.15, 0.2) is 65.6 Å². The van der Waals surface area contributed by atoms with Crippen molar-refractivity contribution in [1.29, 1.82) is 0 Å². The number of anilines is 1. The Balaban J connectivity index is 1.51. The lowest BCUT2D eigenvalue weighted by Gasteiger charge is -2.14. The summed E-state index contributed by atoms with van der Waals surface area (Å²) in [4.78, 5) is 39.3. The van der Waals surface area contributed by atoms with E-state index in [1.54, 1.807) is 24.3 Å². The predicted molar refractivity (Wildman–Crippen MR) is 160 cm³/mol. The van der Waals surface area contributed by atoms with E-state index in [0.717, 1.165) is 34.9 Å². The highest BCUT2D eigenvalue weighted by Crippen LogP contribution is 2.36. The summed E-state index contributed by atoms with van der Waals surface area (Å²) in [5.74, 6) is -0.389. The maximum Gasteiger partial charge on any atom is 0.294 e. The topological polar surface area (TPSA) is 75.7 Å². The van der Waals surface area contributed by atoms with Gasteiger partial charge in [-0.15, -0.1) is 0 Å². The second-order valence-corrected chi connectivity index (χ2v) is 11.7. The summed E-state index contributed by atoms with van der Waals surface area (Å²) < 4.78 is 7.96. The molecule has 4 rings (SSSR count). The molecule has 0 unspecified atom stereocenters. The average molecular weight is 745 g/mol. The Labute approximate surface area is 245 Å². The van der Waals surface area contributed by atoms with Crippen molar-refractivity contribution in [3.05, 3.63) is 94.4 Å². The Morgan fingerprint density at radius 1 is 1.11 bits per heavy atom. The zero-order valence-corrected chi connectivity index (χ0v) is 24.8. The van der Waals surface area contributed by atoms with Gasteiger partial charge in [0.15, 0.2) is 0 Å². The molecule has 1 aliphatic heterocycles. The number of carbonyl (C=O) groups is 3. The number of benzene rings is 3. The van der Waals surface area contributed by atoms with Gasteiger partial charge in [-0.1, -0.05) is 48.0 Å². The molecule has 3 amide bonds. The smallest absolute Gasteiger partial charge is 0.294 e. The molecule has 1 aliphatic rings. The quantitative estimate of drug-likeness (QED) is 0.206. The summed E-state index contributed by atoms with van der Waals surface area (Å²) >= 11 is 11.3. The Morgan fingerprint density at radius 2 is 1.86 bits per heavy atom. The third kappa shape index (κ3) is 6.61. The number of thioether (sulfide) groups is 1. The Bertz CT molecular complexity index is 1380. The highest BCUT2D eigenvalue weighted by Gasteiger charge is 2.36. The third-order valence-corrected chi connectivity index (χ3v) is 7.92. The van der Waals surface area contributed by atoms with Crippen molar-refractivity contribution in [2.45, 2.75) is 13.5 Å². The number of ether oxygens (including phenoxy) is 1. The minimum Gasteiger partial charge on any atom is -0.487 e. The van der Waals surface area contributed by atoms with Crippen LogP contribution < -0.4 is 10.1 Å². The van der Waals surface area contributed by atoms with Crippen LogP contribution in [0.2, 0.25) is 5.02 Å². The zero-order valence-electron chi connectivity index (χ0n) is 18.9. The van der Waals surface area contributed by atoms with Crippen LogP contribution in [0.5, 0.6) is 5.75 Å². The second kappa shape index (κ2) is 12.0. The number of aryl methyl sites for hydroxylation is 1. The molecule has 0 spiro atoms. The molecule has 3 aromatic carbocycles. The summed E-state index contributed by atoms with van der Waals surface area (Å²) in [7, 11) is 0. The third-order valence-electron chi connectivity index (χ3n) is 5.18. The Hall–Kier alpha value is -2.09. The number of rotatable bonds is 7. The van der Waals surface area contributed by atoms with Crippen LogP contribution >= 0.6 is 68.5 Å². The molecule has 3 aromatic rings. The molecular weight excluding hydrogens is 726 g/mol. The van der Waals surface area contributed by atoms with E-state index in [0.29, 0.717) is 28.6 Å². The minimum absolute atomic E-state index is 0.230. The van der Waals surface area contributed by atoms with Crippen molar-refractivity contribution in [3.63, 3.8) is 0 Å². The molecule has 10 heteroatoms. The predicted octanol–water partition coefficient (Wildman–Crippen LogP) is 7.11. The fraction of sp³-hybridized carbons (Fsp3) is 0.115. The number of imide groups is 1. The first kappa shape index (κ1) is 27.0. The van der Waals surface area contributed by atoms with Gasteiger partial charge in [-0.3, -0.25) is 19.3 Å². The minimum atomic E-state index is -0.523. The molecule has 0 radical (unpaired) electrons. The van der Waals surface area contributed by atoms with Crippen molar-refractivity contribution in [2.75, 3.05) is 11.9 Å². The maximum atomic E-state index is 13.0. The first-order valence-corrected chi connectivity index (χ1v) is 14.0. The van der Waals surface area contributed by atoms with Crippen molar-refractivity contribution in [1.82, 2.24) is 4.90 Å². The van der Waals surface area contributed by atoms with E-state index in [-0.39, 0.29) is 4.91 Å².